The number of benzene rings is 1. The Labute approximate surface area is 148 Å². The minimum Gasteiger partial charge on any atom is -0.339 e. The molecule has 3 rings (SSSR count). The number of hydrogen-bond acceptors (Lipinski definition) is 4. The van der Waals surface area contributed by atoms with Gasteiger partial charge in [0.05, 0.1) is 5.02 Å². The van der Waals surface area contributed by atoms with Gasteiger partial charge in [-0.3, -0.25) is 4.98 Å². The van der Waals surface area contributed by atoms with Crippen LogP contribution in [0.4, 0.5) is 5.69 Å². The van der Waals surface area contributed by atoms with Gasteiger partial charge < -0.3 is 5.32 Å². The summed E-state index contributed by atoms with van der Waals surface area (Å²) in [4.78, 5) is 3.94. The zero-order chi connectivity index (χ0) is 17.0. The number of hydrogen-bond donors (Lipinski definition) is 1. The molecule has 0 amide bonds. The van der Waals surface area contributed by atoms with Crippen molar-refractivity contribution < 1.29 is 8.42 Å². The number of rotatable bonds is 4. The van der Waals surface area contributed by atoms with Crippen LogP contribution in [-0.2, 0) is 10.0 Å². The van der Waals surface area contributed by atoms with Gasteiger partial charge in [0.1, 0.15) is 4.21 Å². The van der Waals surface area contributed by atoms with Gasteiger partial charge in [-0.2, -0.15) is 8.42 Å². The number of pyridine rings is 1. The van der Waals surface area contributed by atoms with Crippen LogP contribution >= 0.6 is 22.9 Å². The van der Waals surface area contributed by atoms with E-state index in [1.807, 2.05) is 0 Å². The highest BCUT2D eigenvalue weighted by Gasteiger charge is 2.18. The lowest BCUT2D eigenvalue weighted by atomic mass is 10.2. The zero-order valence-corrected chi connectivity index (χ0v) is 14.6. The maximum absolute atomic E-state index is 12.5. The molecule has 1 N–H and O–H groups in total. The Morgan fingerprint density at radius 3 is 2.50 bits per heavy atom. The summed E-state index contributed by atoms with van der Waals surface area (Å²) in [5.74, 6) is 0.153. The fourth-order valence-corrected chi connectivity index (χ4v) is 4.10. The number of sulfonamides is 1. The average molecular weight is 378 g/mol. The van der Waals surface area contributed by atoms with Crippen molar-refractivity contribution in [3.8, 4) is 0 Å². The molecule has 5 nitrogen and oxygen atoms in total. The van der Waals surface area contributed by atoms with Gasteiger partial charge in [0.25, 0.3) is 10.0 Å². The third-order valence-electron chi connectivity index (χ3n) is 3.03. The van der Waals surface area contributed by atoms with Crippen LogP contribution in [-0.4, -0.2) is 19.2 Å². The first-order valence-electron chi connectivity index (χ1n) is 6.87. The van der Waals surface area contributed by atoms with E-state index in [1.54, 1.807) is 60.2 Å². The van der Waals surface area contributed by atoms with Crippen molar-refractivity contribution in [3.05, 3.63) is 76.9 Å². The highest BCUT2D eigenvalue weighted by Crippen LogP contribution is 2.22. The van der Waals surface area contributed by atoms with E-state index < -0.39 is 10.0 Å². The molecule has 0 aliphatic heterocycles. The second-order valence-electron chi connectivity index (χ2n) is 4.69. The molecular weight excluding hydrogens is 366 g/mol. The fourth-order valence-electron chi connectivity index (χ4n) is 1.94. The van der Waals surface area contributed by atoms with Gasteiger partial charge in [0.15, 0.2) is 5.84 Å². The van der Waals surface area contributed by atoms with Gasteiger partial charge in [-0.05, 0) is 35.7 Å². The van der Waals surface area contributed by atoms with Crippen molar-refractivity contribution in [1.82, 2.24) is 4.98 Å². The first kappa shape index (κ1) is 16.6. The number of amidine groups is 1. The lowest BCUT2D eigenvalue weighted by Gasteiger charge is -2.11. The fraction of sp³-hybridized carbons (Fsp3) is 0. The number of thiophene rings is 1. The standard InChI is InChI=1S/C16H12ClN3O2S2/c17-14-5-2-1-4-13(14)16(19-12-7-9-18-10-8-12)20-24(21,22)15-6-3-11-23-15/h1-11H,(H,18,19,20). The molecule has 0 saturated carbocycles. The smallest absolute Gasteiger partial charge is 0.293 e. The van der Waals surface area contributed by atoms with E-state index in [0.29, 0.717) is 16.3 Å². The van der Waals surface area contributed by atoms with Crippen molar-refractivity contribution in [2.75, 3.05) is 5.32 Å². The molecule has 0 spiro atoms. The summed E-state index contributed by atoms with van der Waals surface area (Å²) < 4.78 is 29.1. The summed E-state index contributed by atoms with van der Waals surface area (Å²) >= 11 is 7.33. The Morgan fingerprint density at radius 2 is 1.83 bits per heavy atom. The third kappa shape index (κ3) is 3.81. The number of aromatic nitrogens is 1. The van der Waals surface area contributed by atoms with Crippen LogP contribution in [0, 0.1) is 0 Å². The lowest BCUT2D eigenvalue weighted by Crippen LogP contribution is -2.16. The van der Waals surface area contributed by atoms with Crippen LogP contribution in [0.3, 0.4) is 0 Å². The topological polar surface area (TPSA) is 71.4 Å². The molecule has 0 radical (unpaired) electrons. The maximum Gasteiger partial charge on any atom is 0.293 e. The molecule has 122 valence electrons. The van der Waals surface area contributed by atoms with E-state index in [1.165, 1.54) is 6.07 Å². The van der Waals surface area contributed by atoms with Crippen molar-refractivity contribution in [3.63, 3.8) is 0 Å². The largest absolute Gasteiger partial charge is 0.339 e. The highest BCUT2D eigenvalue weighted by molar-refractivity contribution is 7.92. The van der Waals surface area contributed by atoms with Gasteiger partial charge in [0.2, 0.25) is 0 Å². The van der Waals surface area contributed by atoms with Crippen molar-refractivity contribution >= 4 is 44.5 Å². The summed E-state index contributed by atoms with van der Waals surface area (Å²) in [5.41, 5.74) is 1.15. The van der Waals surface area contributed by atoms with Crippen LogP contribution in [0.2, 0.25) is 5.02 Å². The van der Waals surface area contributed by atoms with E-state index >= 15 is 0 Å². The Kier molecular flexibility index (Phi) is 4.94. The van der Waals surface area contributed by atoms with Crippen LogP contribution < -0.4 is 5.32 Å². The minimum absolute atomic E-state index is 0.153. The van der Waals surface area contributed by atoms with E-state index in [-0.39, 0.29) is 10.0 Å². The monoisotopic (exact) mass is 377 g/mol. The van der Waals surface area contributed by atoms with Gasteiger partial charge in [0, 0.05) is 23.6 Å². The number of nitrogens with zero attached hydrogens (tertiary/aromatic N) is 2. The molecule has 3 aromatic rings. The number of nitrogens with one attached hydrogen (secondary N) is 1. The molecule has 0 saturated heterocycles. The van der Waals surface area contributed by atoms with Gasteiger partial charge in [-0.15, -0.1) is 15.7 Å². The minimum atomic E-state index is -3.83. The molecule has 0 aliphatic carbocycles. The molecule has 24 heavy (non-hydrogen) atoms. The summed E-state index contributed by atoms with van der Waals surface area (Å²) in [6.07, 6.45) is 3.20. The zero-order valence-electron chi connectivity index (χ0n) is 12.3. The van der Waals surface area contributed by atoms with Crippen LogP contribution in [0.5, 0.6) is 0 Å². The van der Waals surface area contributed by atoms with E-state index in [9.17, 15) is 8.42 Å². The second-order valence-corrected chi connectivity index (χ2v) is 7.87. The average Bonchev–Trinajstić information content (AvgIpc) is 3.11. The first-order valence-corrected chi connectivity index (χ1v) is 9.56. The second kappa shape index (κ2) is 7.12. The molecule has 2 heterocycles. The molecule has 0 atom stereocenters. The maximum atomic E-state index is 12.5. The van der Waals surface area contributed by atoms with Crippen LogP contribution in [0.25, 0.3) is 0 Å². The molecular formula is C16H12ClN3O2S2. The molecule has 1 aromatic carbocycles. The molecule has 2 aromatic heterocycles. The summed E-state index contributed by atoms with van der Waals surface area (Å²) in [5, 5.41) is 5.10. The van der Waals surface area contributed by atoms with E-state index in [4.69, 9.17) is 11.6 Å². The Balaban J connectivity index is 2.09. The van der Waals surface area contributed by atoms with E-state index in [0.717, 1.165) is 11.3 Å². The summed E-state index contributed by atoms with van der Waals surface area (Å²) in [6.45, 7) is 0. The van der Waals surface area contributed by atoms with Crippen LogP contribution in [0.1, 0.15) is 5.56 Å². The molecule has 8 heteroatoms. The predicted octanol–water partition coefficient (Wildman–Crippen LogP) is 4.04. The quantitative estimate of drug-likeness (QED) is 0.550. The molecule has 0 unspecified atom stereocenters. The molecule has 0 bridgehead atoms. The van der Waals surface area contributed by atoms with Crippen molar-refractivity contribution in [2.24, 2.45) is 4.40 Å². The Bertz CT molecular complexity index is 956. The van der Waals surface area contributed by atoms with Crippen molar-refractivity contribution in [2.45, 2.75) is 4.21 Å². The van der Waals surface area contributed by atoms with Gasteiger partial charge in [-0.25, -0.2) is 0 Å². The van der Waals surface area contributed by atoms with Crippen LogP contribution in [0.15, 0.2) is 74.9 Å². The lowest BCUT2D eigenvalue weighted by molar-refractivity contribution is 0.600. The van der Waals surface area contributed by atoms with Gasteiger partial charge in [-0.1, -0.05) is 29.8 Å². The number of anilines is 1. The summed E-state index contributed by atoms with van der Waals surface area (Å²) in [6, 6.07) is 13.5. The molecule has 0 aliphatic rings. The van der Waals surface area contributed by atoms with Gasteiger partial charge >= 0.3 is 0 Å². The van der Waals surface area contributed by atoms with Crippen molar-refractivity contribution in [1.29, 1.82) is 0 Å². The third-order valence-corrected chi connectivity index (χ3v) is 6.01. The van der Waals surface area contributed by atoms with E-state index in [2.05, 4.69) is 14.7 Å². The Hall–Kier alpha value is -2.22. The SMILES string of the molecule is O=S(=O)(/N=C(/Nc1ccncc1)c1ccccc1Cl)c1cccs1. The highest BCUT2D eigenvalue weighted by atomic mass is 35.5. The normalized spacial score (nSPS) is 12.1. The molecule has 0 fully saturated rings. The summed E-state index contributed by atoms with van der Waals surface area (Å²) in [7, 11) is -3.83. The first-order chi connectivity index (χ1) is 11.6. The Morgan fingerprint density at radius 1 is 1.08 bits per heavy atom. The number of halogens is 1. The predicted molar refractivity (Wildman–Crippen MR) is 97.4 cm³/mol.